The van der Waals surface area contributed by atoms with Crippen LogP contribution in [0.2, 0.25) is 0 Å². The zero-order valence-electron chi connectivity index (χ0n) is 16.6. The summed E-state index contributed by atoms with van der Waals surface area (Å²) in [4.78, 5) is 18.7. The summed E-state index contributed by atoms with van der Waals surface area (Å²) in [6.07, 6.45) is 1.69. The highest BCUT2D eigenvalue weighted by Crippen LogP contribution is 2.22. The molecule has 0 unspecified atom stereocenters. The van der Waals surface area contributed by atoms with Gasteiger partial charge in [0.25, 0.3) is 0 Å². The number of ether oxygens (including phenoxy) is 1. The quantitative estimate of drug-likeness (QED) is 0.422. The first kappa shape index (κ1) is 19.6. The molecule has 1 aliphatic rings. The SMILES string of the molecule is CCN(Cc1ccccc1)c1ccc(/C=C2/N=C(c3ccc(F)cc3)OC2=O)cc1. The number of nitrogens with zero attached hydrogens (tertiary/aromatic N) is 2. The molecule has 0 radical (unpaired) electrons. The smallest absolute Gasteiger partial charge is 0.363 e. The molecule has 0 saturated carbocycles. The van der Waals surface area contributed by atoms with Crippen LogP contribution >= 0.6 is 0 Å². The first-order chi connectivity index (χ1) is 14.6. The van der Waals surface area contributed by atoms with Crippen LogP contribution < -0.4 is 4.90 Å². The first-order valence-corrected chi connectivity index (χ1v) is 9.80. The third-order valence-electron chi connectivity index (χ3n) is 4.87. The average Bonchev–Trinajstić information content (AvgIpc) is 3.14. The predicted molar refractivity (Wildman–Crippen MR) is 117 cm³/mol. The van der Waals surface area contributed by atoms with E-state index in [9.17, 15) is 9.18 Å². The molecule has 0 atom stereocenters. The number of hydrogen-bond donors (Lipinski definition) is 0. The van der Waals surface area contributed by atoms with Crippen LogP contribution in [-0.4, -0.2) is 18.4 Å². The van der Waals surface area contributed by atoms with E-state index in [2.05, 4.69) is 28.9 Å². The molecule has 0 N–H and O–H groups in total. The number of halogens is 1. The first-order valence-electron chi connectivity index (χ1n) is 9.80. The van der Waals surface area contributed by atoms with Gasteiger partial charge in [0.1, 0.15) is 5.82 Å². The maximum Gasteiger partial charge on any atom is 0.363 e. The highest BCUT2D eigenvalue weighted by Gasteiger charge is 2.24. The summed E-state index contributed by atoms with van der Waals surface area (Å²) in [5.41, 5.74) is 3.99. The van der Waals surface area contributed by atoms with Gasteiger partial charge in [0, 0.05) is 24.3 Å². The Kier molecular flexibility index (Phi) is 5.70. The Morgan fingerprint density at radius 3 is 2.33 bits per heavy atom. The van der Waals surface area contributed by atoms with Gasteiger partial charge in [-0.05, 0) is 60.5 Å². The molecule has 0 amide bonds. The van der Waals surface area contributed by atoms with E-state index in [-0.39, 0.29) is 17.4 Å². The van der Waals surface area contributed by atoms with Crippen molar-refractivity contribution in [3.63, 3.8) is 0 Å². The Hall–Kier alpha value is -3.73. The van der Waals surface area contributed by atoms with Crippen molar-refractivity contribution in [2.75, 3.05) is 11.4 Å². The number of hydrogen-bond acceptors (Lipinski definition) is 4. The lowest BCUT2D eigenvalue weighted by atomic mass is 10.1. The van der Waals surface area contributed by atoms with Gasteiger partial charge in [-0.25, -0.2) is 14.2 Å². The van der Waals surface area contributed by atoms with Gasteiger partial charge in [0.2, 0.25) is 5.90 Å². The summed E-state index contributed by atoms with van der Waals surface area (Å²) >= 11 is 0. The number of aliphatic imine (C=N–C) groups is 1. The van der Waals surface area contributed by atoms with Crippen molar-refractivity contribution in [2.45, 2.75) is 13.5 Å². The average molecular weight is 400 g/mol. The molecular formula is C25H21FN2O2. The lowest BCUT2D eigenvalue weighted by molar-refractivity contribution is -0.129. The normalized spacial score (nSPS) is 14.5. The van der Waals surface area contributed by atoms with E-state index in [1.165, 1.54) is 29.8 Å². The molecule has 150 valence electrons. The number of benzene rings is 3. The zero-order chi connectivity index (χ0) is 20.9. The van der Waals surface area contributed by atoms with E-state index in [0.717, 1.165) is 24.3 Å². The van der Waals surface area contributed by atoms with E-state index in [4.69, 9.17) is 4.74 Å². The Balaban J connectivity index is 1.51. The Morgan fingerprint density at radius 2 is 1.67 bits per heavy atom. The molecule has 0 bridgehead atoms. The van der Waals surface area contributed by atoms with Crippen molar-refractivity contribution in [3.8, 4) is 0 Å². The van der Waals surface area contributed by atoms with E-state index < -0.39 is 5.97 Å². The largest absolute Gasteiger partial charge is 0.402 e. The number of carbonyl (C=O) groups is 1. The number of carbonyl (C=O) groups excluding carboxylic acids is 1. The Labute approximate surface area is 175 Å². The molecule has 5 heteroatoms. The summed E-state index contributed by atoms with van der Waals surface area (Å²) in [6.45, 7) is 3.83. The number of anilines is 1. The van der Waals surface area contributed by atoms with E-state index in [1.54, 1.807) is 6.08 Å². The van der Waals surface area contributed by atoms with Crippen LogP contribution in [0.4, 0.5) is 10.1 Å². The molecule has 3 aromatic carbocycles. The van der Waals surface area contributed by atoms with Crippen molar-refractivity contribution in [3.05, 3.63) is 107 Å². The second-order valence-corrected chi connectivity index (χ2v) is 6.93. The third-order valence-corrected chi connectivity index (χ3v) is 4.87. The molecule has 4 nitrogen and oxygen atoms in total. The monoisotopic (exact) mass is 400 g/mol. The van der Waals surface area contributed by atoms with Crippen LogP contribution in [0.3, 0.4) is 0 Å². The molecule has 0 fully saturated rings. The molecule has 0 spiro atoms. The minimum absolute atomic E-state index is 0.183. The second kappa shape index (κ2) is 8.74. The minimum atomic E-state index is -0.516. The highest BCUT2D eigenvalue weighted by molar-refractivity contribution is 6.12. The Bertz CT molecular complexity index is 1090. The van der Waals surface area contributed by atoms with Crippen molar-refractivity contribution in [1.29, 1.82) is 0 Å². The molecule has 1 heterocycles. The lowest BCUT2D eigenvalue weighted by Gasteiger charge is -2.23. The van der Waals surface area contributed by atoms with E-state index >= 15 is 0 Å². The van der Waals surface area contributed by atoms with Crippen molar-refractivity contribution >= 4 is 23.6 Å². The maximum atomic E-state index is 13.1. The fraction of sp³-hybridized carbons (Fsp3) is 0.120. The van der Waals surface area contributed by atoms with Gasteiger partial charge in [-0.15, -0.1) is 0 Å². The van der Waals surface area contributed by atoms with Crippen LogP contribution in [0.15, 0.2) is 89.6 Å². The van der Waals surface area contributed by atoms with Crippen LogP contribution in [0.1, 0.15) is 23.6 Å². The zero-order valence-corrected chi connectivity index (χ0v) is 16.6. The highest BCUT2D eigenvalue weighted by atomic mass is 19.1. The van der Waals surface area contributed by atoms with E-state index in [0.29, 0.717) is 5.56 Å². The van der Waals surface area contributed by atoms with Crippen LogP contribution in [-0.2, 0) is 16.1 Å². The van der Waals surface area contributed by atoms with Gasteiger partial charge in [-0.2, -0.15) is 0 Å². The van der Waals surface area contributed by atoms with E-state index in [1.807, 2.05) is 42.5 Å². The van der Waals surface area contributed by atoms with Gasteiger partial charge in [-0.3, -0.25) is 0 Å². The van der Waals surface area contributed by atoms with Crippen molar-refractivity contribution < 1.29 is 13.9 Å². The molecule has 4 rings (SSSR count). The van der Waals surface area contributed by atoms with Crippen molar-refractivity contribution in [2.24, 2.45) is 4.99 Å². The number of rotatable bonds is 6. The van der Waals surface area contributed by atoms with Gasteiger partial charge in [-0.1, -0.05) is 42.5 Å². The molecule has 0 aromatic heterocycles. The third kappa shape index (κ3) is 4.46. The minimum Gasteiger partial charge on any atom is -0.402 e. The molecular weight excluding hydrogens is 379 g/mol. The standard InChI is InChI=1S/C25H21FN2O2/c1-2-28(17-19-6-4-3-5-7-19)22-14-8-18(9-15-22)16-23-25(29)30-24(27-23)20-10-12-21(26)13-11-20/h3-16H,2,17H2,1H3/b23-16+. The summed E-state index contributed by atoms with van der Waals surface area (Å²) in [5, 5.41) is 0. The molecule has 1 aliphatic heterocycles. The fourth-order valence-electron chi connectivity index (χ4n) is 3.25. The van der Waals surface area contributed by atoms with Crippen molar-refractivity contribution in [1.82, 2.24) is 0 Å². The topological polar surface area (TPSA) is 41.9 Å². The second-order valence-electron chi connectivity index (χ2n) is 6.93. The molecule has 30 heavy (non-hydrogen) atoms. The Morgan fingerprint density at radius 1 is 0.967 bits per heavy atom. The fourth-order valence-corrected chi connectivity index (χ4v) is 3.25. The van der Waals surface area contributed by atoms with Gasteiger partial charge < -0.3 is 9.64 Å². The molecule has 0 saturated heterocycles. The summed E-state index contributed by atoms with van der Waals surface area (Å²) < 4.78 is 18.3. The van der Waals surface area contributed by atoms with Crippen LogP contribution in [0, 0.1) is 5.82 Å². The van der Waals surface area contributed by atoms with Gasteiger partial charge >= 0.3 is 5.97 Å². The summed E-state index contributed by atoms with van der Waals surface area (Å²) in [5.74, 6) is -0.687. The summed E-state index contributed by atoms with van der Waals surface area (Å²) in [6, 6.07) is 24.0. The van der Waals surface area contributed by atoms with Crippen LogP contribution in [0.5, 0.6) is 0 Å². The van der Waals surface area contributed by atoms with Crippen LogP contribution in [0.25, 0.3) is 6.08 Å². The lowest BCUT2D eigenvalue weighted by Crippen LogP contribution is -2.21. The molecule has 0 aliphatic carbocycles. The summed E-state index contributed by atoms with van der Waals surface area (Å²) in [7, 11) is 0. The van der Waals surface area contributed by atoms with Gasteiger partial charge in [0.05, 0.1) is 0 Å². The molecule has 3 aromatic rings. The number of cyclic esters (lactones) is 1. The number of esters is 1. The maximum absolute atomic E-state index is 13.1. The predicted octanol–water partition coefficient (Wildman–Crippen LogP) is 5.20. The van der Waals surface area contributed by atoms with Gasteiger partial charge in [0.15, 0.2) is 5.70 Å².